The maximum Gasteiger partial charge on any atom is 0.148 e. The molecule has 0 unspecified atom stereocenters. The molecular formula is C27H24N4S2. The van der Waals surface area contributed by atoms with Crippen LogP contribution >= 0.6 is 22.7 Å². The molecule has 0 saturated carbocycles. The number of benzene rings is 1. The molecule has 4 nitrogen and oxygen atoms in total. The monoisotopic (exact) mass is 468 g/mol. The van der Waals surface area contributed by atoms with Gasteiger partial charge in [-0.25, -0.2) is 0 Å². The van der Waals surface area contributed by atoms with Crippen LogP contribution in [0.1, 0.15) is 57.5 Å². The largest absolute Gasteiger partial charge is 0.300 e. The van der Waals surface area contributed by atoms with Crippen LogP contribution in [0.25, 0.3) is 31.7 Å². The molecule has 3 heterocycles. The van der Waals surface area contributed by atoms with Crippen molar-refractivity contribution in [3.63, 3.8) is 0 Å². The van der Waals surface area contributed by atoms with Gasteiger partial charge < -0.3 is 0 Å². The topological polar surface area (TPSA) is 76.3 Å². The van der Waals surface area contributed by atoms with Crippen LogP contribution in [-0.2, 0) is 10.8 Å². The Morgan fingerprint density at radius 1 is 0.909 bits per heavy atom. The standard InChI is InChI=1S/C27H24N4S2/c1-26(2,3)19-8-7-9-20(23(19)27(4,5)6)31-21-12-22(18(15-30)16(13-28)14-29)33-24(21)17-10-11-32-25(17)31/h7-12H,1-6H3. The van der Waals surface area contributed by atoms with E-state index in [0.717, 1.165) is 26.1 Å². The fraction of sp³-hybridized carbons (Fsp3) is 0.296. The van der Waals surface area contributed by atoms with E-state index in [1.54, 1.807) is 11.3 Å². The zero-order chi connectivity index (χ0) is 24.1. The third-order valence-electron chi connectivity index (χ3n) is 5.72. The summed E-state index contributed by atoms with van der Waals surface area (Å²) in [5, 5.41) is 31.6. The molecule has 3 aromatic heterocycles. The number of aromatic nitrogens is 1. The van der Waals surface area contributed by atoms with Crippen LogP contribution in [0, 0.1) is 34.0 Å². The van der Waals surface area contributed by atoms with Gasteiger partial charge in [0.05, 0.1) is 21.5 Å². The van der Waals surface area contributed by atoms with Crippen molar-refractivity contribution in [3.8, 4) is 23.9 Å². The van der Waals surface area contributed by atoms with Gasteiger partial charge in [0.2, 0.25) is 0 Å². The molecule has 0 aliphatic rings. The van der Waals surface area contributed by atoms with E-state index in [1.807, 2.05) is 18.2 Å². The van der Waals surface area contributed by atoms with E-state index in [1.165, 1.54) is 22.5 Å². The molecule has 0 fully saturated rings. The number of nitriles is 3. The van der Waals surface area contributed by atoms with Crippen LogP contribution in [0.5, 0.6) is 0 Å². The van der Waals surface area contributed by atoms with Gasteiger partial charge >= 0.3 is 0 Å². The van der Waals surface area contributed by atoms with Crippen molar-refractivity contribution in [3.05, 3.63) is 57.3 Å². The summed E-state index contributed by atoms with van der Waals surface area (Å²) >= 11 is 3.16. The molecule has 0 spiro atoms. The zero-order valence-corrected chi connectivity index (χ0v) is 21.2. The first-order valence-corrected chi connectivity index (χ1v) is 12.3. The van der Waals surface area contributed by atoms with E-state index >= 15 is 0 Å². The molecule has 6 heteroatoms. The maximum absolute atomic E-state index is 9.70. The lowest BCUT2D eigenvalue weighted by Crippen LogP contribution is -2.24. The van der Waals surface area contributed by atoms with Crippen LogP contribution in [0.2, 0.25) is 0 Å². The summed E-state index contributed by atoms with van der Waals surface area (Å²) < 4.78 is 3.35. The fourth-order valence-electron chi connectivity index (χ4n) is 4.37. The lowest BCUT2D eigenvalue weighted by molar-refractivity contribution is 0.528. The molecule has 0 aliphatic carbocycles. The molecule has 33 heavy (non-hydrogen) atoms. The predicted octanol–water partition coefficient (Wildman–Crippen LogP) is 7.83. The van der Waals surface area contributed by atoms with E-state index in [-0.39, 0.29) is 22.0 Å². The van der Waals surface area contributed by atoms with Gasteiger partial charge in [0, 0.05) is 10.3 Å². The van der Waals surface area contributed by atoms with Crippen molar-refractivity contribution >= 4 is 48.7 Å². The molecule has 0 amide bonds. The maximum atomic E-state index is 9.70. The number of thiophene rings is 2. The van der Waals surface area contributed by atoms with Crippen molar-refractivity contribution < 1.29 is 0 Å². The average Bonchev–Trinajstić information content (AvgIpc) is 3.42. The molecule has 0 atom stereocenters. The molecule has 0 radical (unpaired) electrons. The van der Waals surface area contributed by atoms with Crippen molar-refractivity contribution in [2.75, 3.05) is 0 Å². The van der Waals surface area contributed by atoms with Gasteiger partial charge in [-0.2, -0.15) is 15.8 Å². The first-order chi connectivity index (χ1) is 15.5. The highest BCUT2D eigenvalue weighted by atomic mass is 32.1. The number of nitrogens with zero attached hydrogens (tertiary/aromatic N) is 4. The van der Waals surface area contributed by atoms with Crippen molar-refractivity contribution in [1.82, 2.24) is 4.57 Å². The minimum Gasteiger partial charge on any atom is -0.300 e. The van der Waals surface area contributed by atoms with Crippen molar-refractivity contribution in [1.29, 1.82) is 15.8 Å². The average molecular weight is 469 g/mol. The second-order valence-corrected chi connectivity index (χ2v) is 12.0. The fourth-order valence-corrected chi connectivity index (χ4v) is 6.54. The van der Waals surface area contributed by atoms with Gasteiger partial charge in [0.1, 0.15) is 28.6 Å². The molecular weight excluding hydrogens is 444 g/mol. The minimum atomic E-state index is -0.153. The molecule has 0 bridgehead atoms. The zero-order valence-electron chi connectivity index (χ0n) is 19.6. The highest BCUT2D eigenvalue weighted by Gasteiger charge is 2.30. The summed E-state index contributed by atoms with van der Waals surface area (Å²) in [6.07, 6.45) is 0. The van der Waals surface area contributed by atoms with Crippen LogP contribution in [0.4, 0.5) is 0 Å². The number of fused-ring (bicyclic) bond motifs is 3. The van der Waals surface area contributed by atoms with Gasteiger partial charge in [0.25, 0.3) is 0 Å². The second-order valence-electron chi connectivity index (χ2n) is 10.1. The first-order valence-electron chi connectivity index (χ1n) is 10.6. The van der Waals surface area contributed by atoms with Gasteiger partial charge in [-0.3, -0.25) is 4.57 Å². The van der Waals surface area contributed by atoms with E-state index in [4.69, 9.17) is 0 Å². The molecule has 4 aromatic rings. The highest BCUT2D eigenvalue weighted by Crippen LogP contribution is 2.45. The van der Waals surface area contributed by atoms with Gasteiger partial charge in [0.15, 0.2) is 0 Å². The number of hydrogen-bond acceptors (Lipinski definition) is 5. The number of rotatable bonds is 2. The summed E-state index contributed by atoms with van der Waals surface area (Å²) in [7, 11) is 0. The predicted molar refractivity (Wildman–Crippen MR) is 138 cm³/mol. The Morgan fingerprint density at radius 2 is 1.61 bits per heavy atom. The minimum absolute atomic E-state index is 0.0233. The molecule has 164 valence electrons. The summed E-state index contributed by atoms with van der Waals surface area (Å²) in [4.78, 5) is 1.80. The third kappa shape index (κ3) is 3.65. The number of allylic oxidation sites excluding steroid dienone is 2. The second kappa shape index (κ2) is 7.89. The lowest BCUT2D eigenvalue weighted by Gasteiger charge is -2.32. The van der Waals surface area contributed by atoms with E-state index in [0.29, 0.717) is 4.88 Å². The van der Waals surface area contributed by atoms with Crippen LogP contribution in [0.15, 0.2) is 41.3 Å². The van der Waals surface area contributed by atoms with Gasteiger partial charge in [-0.05, 0) is 45.5 Å². The molecule has 0 aliphatic heterocycles. The van der Waals surface area contributed by atoms with E-state index < -0.39 is 0 Å². The SMILES string of the molecule is CC(C)(C)c1cccc(-n2c3cc(C(C#N)=C(C#N)C#N)sc3c3ccsc32)c1C(C)(C)C. The quantitative estimate of drug-likeness (QED) is 0.281. The summed E-state index contributed by atoms with van der Waals surface area (Å²) in [5.74, 6) is 0. The molecule has 4 rings (SSSR count). The number of hydrogen-bond donors (Lipinski definition) is 0. The van der Waals surface area contributed by atoms with Crippen LogP contribution < -0.4 is 0 Å². The smallest absolute Gasteiger partial charge is 0.148 e. The van der Waals surface area contributed by atoms with E-state index in [2.05, 4.69) is 81.8 Å². The Hall–Kier alpha value is -3.37. The molecule has 0 N–H and O–H groups in total. The van der Waals surface area contributed by atoms with Crippen molar-refractivity contribution in [2.45, 2.75) is 52.4 Å². The molecule has 1 aromatic carbocycles. The molecule has 0 saturated heterocycles. The Morgan fingerprint density at radius 3 is 2.18 bits per heavy atom. The van der Waals surface area contributed by atoms with Gasteiger partial charge in [-0.1, -0.05) is 53.7 Å². The Bertz CT molecular complexity index is 1540. The Balaban J connectivity index is 2.15. The van der Waals surface area contributed by atoms with Crippen LogP contribution in [0.3, 0.4) is 0 Å². The summed E-state index contributed by atoms with van der Waals surface area (Å²) in [5.41, 5.74) is 4.60. The van der Waals surface area contributed by atoms with Crippen LogP contribution in [-0.4, -0.2) is 4.57 Å². The highest BCUT2D eigenvalue weighted by molar-refractivity contribution is 7.23. The summed E-state index contributed by atoms with van der Waals surface area (Å²) in [6.45, 7) is 13.5. The van der Waals surface area contributed by atoms with Gasteiger partial charge in [-0.15, -0.1) is 22.7 Å². The van der Waals surface area contributed by atoms with Crippen molar-refractivity contribution in [2.24, 2.45) is 0 Å². The Labute approximate surface area is 202 Å². The normalized spacial score (nSPS) is 11.8. The summed E-state index contributed by atoms with van der Waals surface area (Å²) in [6, 6.07) is 16.4. The third-order valence-corrected chi connectivity index (χ3v) is 7.79. The lowest BCUT2D eigenvalue weighted by atomic mass is 9.74. The Kier molecular flexibility index (Phi) is 5.45. The first kappa shape index (κ1) is 22.8. The van der Waals surface area contributed by atoms with E-state index in [9.17, 15) is 15.8 Å².